The number of amides is 1. The van der Waals surface area contributed by atoms with Crippen molar-refractivity contribution >= 4 is 6.09 Å². The summed E-state index contributed by atoms with van der Waals surface area (Å²) < 4.78 is 10.7. The molecule has 20 heavy (non-hydrogen) atoms. The molecule has 2 rings (SSSR count). The Morgan fingerprint density at radius 3 is 2.85 bits per heavy atom. The normalized spacial score (nSPS) is 21.8. The summed E-state index contributed by atoms with van der Waals surface area (Å²) in [5.41, 5.74) is 1.14. The minimum absolute atomic E-state index is 0.0549. The van der Waals surface area contributed by atoms with Gasteiger partial charge in [0.25, 0.3) is 0 Å². The third-order valence-corrected chi connectivity index (χ3v) is 3.55. The van der Waals surface area contributed by atoms with Gasteiger partial charge in [-0.25, -0.2) is 4.79 Å². The van der Waals surface area contributed by atoms with Crippen molar-refractivity contribution in [1.82, 2.24) is 4.90 Å². The van der Waals surface area contributed by atoms with Crippen molar-refractivity contribution in [2.45, 2.75) is 31.6 Å². The SMILES string of the molecule is C=CC[C@@H]1C[C@H](OCc2ccccc2)CN1C(=O)OC. The largest absolute Gasteiger partial charge is 0.453 e. The van der Waals surface area contributed by atoms with Gasteiger partial charge in [-0.1, -0.05) is 36.4 Å². The van der Waals surface area contributed by atoms with Crippen LogP contribution in [0.25, 0.3) is 0 Å². The Bertz CT molecular complexity index is 446. The van der Waals surface area contributed by atoms with Gasteiger partial charge in [0.2, 0.25) is 0 Å². The van der Waals surface area contributed by atoms with Crippen molar-refractivity contribution in [2.75, 3.05) is 13.7 Å². The number of likely N-dealkylation sites (tertiary alicyclic amines) is 1. The molecule has 1 aliphatic heterocycles. The second kappa shape index (κ2) is 7.10. The van der Waals surface area contributed by atoms with Crippen molar-refractivity contribution in [3.05, 3.63) is 48.6 Å². The smallest absolute Gasteiger partial charge is 0.409 e. The van der Waals surface area contributed by atoms with Crippen LogP contribution in [-0.2, 0) is 16.1 Å². The van der Waals surface area contributed by atoms with Crippen LogP contribution in [0.15, 0.2) is 43.0 Å². The van der Waals surface area contributed by atoms with Crippen LogP contribution in [0, 0.1) is 0 Å². The topological polar surface area (TPSA) is 38.8 Å². The first-order valence-electron chi connectivity index (χ1n) is 6.85. The maximum absolute atomic E-state index is 11.7. The van der Waals surface area contributed by atoms with E-state index < -0.39 is 0 Å². The highest BCUT2D eigenvalue weighted by Gasteiger charge is 2.35. The molecule has 0 saturated carbocycles. The molecule has 0 N–H and O–H groups in total. The van der Waals surface area contributed by atoms with Crippen LogP contribution >= 0.6 is 0 Å². The van der Waals surface area contributed by atoms with E-state index in [9.17, 15) is 4.79 Å². The second-order valence-corrected chi connectivity index (χ2v) is 4.95. The standard InChI is InChI=1S/C16H21NO3/c1-3-7-14-10-15(11-17(14)16(18)19-2)20-12-13-8-5-4-6-9-13/h3-6,8-9,14-15H,1,7,10-12H2,2H3/t14-,15+/m1/s1. The van der Waals surface area contributed by atoms with Gasteiger partial charge in [0.15, 0.2) is 0 Å². The van der Waals surface area contributed by atoms with Gasteiger partial charge in [0.1, 0.15) is 0 Å². The maximum Gasteiger partial charge on any atom is 0.409 e. The molecule has 108 valence electrons. The number of methoxy groups -OCH3 is 1. The van der Waals surface area contributed by atoms with Crippen molar-refractivity contribution in [2.24, 2.45) is 0 Å². The fraction of sp³-hybridized carbons (Fsp3) is 0.438. The van der Waals surface area contributed by atoms with Gasteiger partial charge >= 0.3 is 6.09 Å². The first kappa shape index (κ1) is 14.6. The van der Waals surface area contributed by atoms with Gasteiger partial charge < -0.3 is 14.4 Å². The first-order chi connectivity index (χ1) is 9.74. The quantitative estimate of drug-likeness (QED) is 0.775. The molecule has 4 heteroatoms. The summed E-state index contributed by atoms with van der Waals surface area (Å²) in [5, 5.41) is 0. The van der Waals surface area contributed by atoms with Gasteiger partial charge in [-0.15, -0.1) is 6.58 Å². The first-order valence-corrected chi connectivity index (χ1v) is 6.85. The zero-order valence-corrected chi connectivity index (χ0v) is 11.8. The summed E-state index contributed by atoms with van der Waals surface area (Å²) in [7, 11) is 1.41. The maximum atomic E-state index is 11.7. The molecule has 1 aromatic carbocycles. The molecular formula is C16H21NO3. The third-order valence-electron chi connectivity index (χ3n) is 3.55. The van der Waals surface area contributed by atoms with Crippen LogP contribution in [0.4, 0.5) is 4.79 Å². The minimum atomic E-state index is -0.289. The van der Waals surface area contributed by atoms with Crippen LogP contribution < -0.4 is 0 Å². The Morgan fingerprint density at radius 1 is 1.45 bits per heavy atom. The molecule has 1 saturated heterocycles. The molecule has 1 aromatic rings. The Kier molecular flexibility index (Phi) is 5.18. The van der Waals surface area contributed by atoms with Gasteiger partial charge in [-0.2, -0.15) is 0 Å². The lowest BCUT2D eigenvalue weighted by atomic mass is 10.1. The predicted octanol–water partition coefficient (Wildman–Crippen LogP) is 2.99. The summed E-state index contributed by atoms with van der Waals surface area (Å²) in [6, 6.07) is 10.2. The number of hydrogen-bond donors (Lipinski definition) is 0. The van der Waals surface area contributed by atoms with Gasteiger partial charge in [0, 0.05) is 6.04 Å². The zero-order valence-electron chi connectivity index (χ0n) is 11.8. The average molecular weight is 275 g/mol. The van der Waals surface area contributed by atoms with Gasteiger partial charge in [-0.3, -0.25) is 0 Å². The molecule has 0 unspecified atom stereocenters. The lowest BCUT2D eigenvalue weighted by Crippen LogP contribution is -2.35. The molecule has 1 aliphatic rings. The van der Waals surface area contributed by atoms with E-state index in [4.69, 9.17) is 9.47 Å². The predicted molar refractivity (Wildman–Crippen MR) is 77.3 cm³/mol. The molecule has 0 bridgehead atoms. The van der Waals surface area contributed by atoms with Gasteiger partial charge in [0.05, 0.1) is 26.4 Å². The van der Waals surface area contributed by atoms with E-state index in [1.807, 2.05) is 36.4 Å². The average Bonchev–Trinajstić information content (AvgIpc) is 2.89. The lowest BCUT2D eigenvalue weighted by Gasteiger charge is -2.21. The zero-order chi connectivity index (χ0) is 14.4. The van der Waals surface area contributed by atoms with Crippen LogP contribution in [0.2, 0.25) is 0 Å². The van der Waals surface area contributed by atoms with Gasteiger partial charge in [-0.05, 0) is 18.4 Å². The molecule has 1 amide bonds. The minimum Gasteiger partial charge on any atom is -0.453 e. The number of benzene rings is 1. The van der Waals surface area contributed by atoms with E-state index in [1.54, 1.807) is 4.90 Å². The van der Waals surface area contributed by atoms with E-state index >= 15 is 0 Å². The number of hydrogen-bond acceptors (Lipinski definition) is 3. The summed E-state index contributed by atoms with van der Waals surface area (Å²) in [5.74, 6) is 0. The van der Waals surface area contributed by atoms with E-state index in [1.165, 1.54) is 7.11 Å². The molecule has 4 nitrogen and oxygen atoms in total. The molecule has 2 atom stereocenters. The number of ether oxygens (including phenoxy) is 2. The van der Waals surface area contributed by atoms with Crippen molar-refractivity contribution in [3.63, 3.8) is 0 Å². The van der Waals surface area contributed by atoms with E-state index in [0.29, 0.717) is 13.2 Å². The van der Waals surface area contributed by atoms with Crippen molar-refractivity contribution in [1.29, 1.82) is 0 Å². The highest BCUT2D eigenvalue weighted by molar-refractivity contribution is 5.68. The Balaban J connectivity index is 1.90. The molecule has 1 fully saturated rings. The van der Waals surface area contributed by atoms with E-state index in [-0.39, 0.29) is 18.2 Å². The summed E-state index contributed by atoms with van der Waals surface area (Å²) in [4.78, 5) is 13.5. The Labute approximate surface area is 120 Å². The fourth-order valence-electron chi connectivity index (χ4n) is 2.54. The highest BCUT2D eigenvalue weighted by Crippen LogP contribution is 2.24. The fourth-order valence-corrected chi connectivity index (χ4v) is 2.54. The third kappa shape index (κ3) is 3.61. The van der Waals surface area contributed by atoms with Crippen LogP contribution in [-0.4, -0.2) is 36.8 Å². The molecule has 0 spiro atoms. The number of carbonyl (C=O) groups excluding carboxylic acids is 1. The summed E-state index contributed by atoms with van der Waals surface area (Å²) in [6.07, 6.45) is 3.19. The number of rotatable bonds is 5. The summed E-state index contributed by atoms with van der Waals surface area (Å²) in [6.45, 7) is 4.89. The lowest BCUT2D eigenvalue weighted by molar-refractivity contribution is 0.0454. The molecule has 0 aromatic heterocycles. The molecular weight excluding hydrogens is 254 g/mol. The Hall–Kier alpha value is -1.81. The Morgan fingerprint density at radius 2 is 2.20 bits per heavy atom. The van der Waals surface area contributed by atoms with Crippen LogP contribution in [0.1, 0.15) is 18.4 Å². The van der Waals surface area contributed by atoms with Crippen LogP contribution in [0.3, 0.4) is 0 Å². The number of carbonyl (C=O) groups is 1. The molecule has 0 aliphatic carbocycles. The summed E-state index contributed by atoms with van der Waals surface area (Å²) >= 11 is 0. The number of nitrogens with zero attached hydrogens (tertiary/aromatic N) is 1. The molecule has 0 radical (unpaired) electrons. The highest BCUT2D eigenvalue weighted by atomic mass is 16.5. The van der Waals surface area contributed by atoms with Crippen molar-refractivity contribution in [3.8, 4) is 0 Å². The monoisotopic (exact) mass is 275 g/mol. The second-order valence-electron chi connectivity index (χ2n) is 4.95. The van der Waals surface area contributed by atoms with Crippen LogP contribution in [0.5, 0.6) is 0 Å². The van der Waals surface area contributed by atoms with Crippen molar-refractivity contribution < 1.29 is 14.3 Å². The van der Waals surface area contributed by atoms with E-state index in [2.05, 4.69) is 6.58 Å². The molecule has 1 heterocycles. The van der Waals surface area contributed by atoms with E-state index in [0.717, 1.165) is 18.4 Å².